The van der Waals surface area contributed by atoms with Crippen molar-refractivity contribution >= 4 is 11.5 Å². The normalized spacial score (nSPS) is 15.8. The molecule has 0 fully saturated rings. The Morgan fingerprint density at radius 2 is 1.93 bits per heavy atom. The molecule has 0 amide bonds. The molecule has 4 N–H and O–H groups in total. The summed E-state index contributed by atoms with van der Waals surface area (Å²) in [5.74, 6) is 0.952. The van der Waals surface area contributed by atoms with Crippen LogP contribution < -0.4 is 15.4 Å². The Hall–Kier alpha value is -2.90. The largest absolute Gasteiger partial charge is 0.475 e. The first-order valence-electron chi connectivity index (χ1n) is 10.3. The summed E-state index contributed by atoms with van der Waals surface area (Å²) < 4.78 is 5.83. The van der Waals surface area contributed by atoms with E-state index in [1.54, 1.807) is 13.1 Å². The van der Waals surface area contributed by atoms with Crippen molar-refractivity contribution < 1.29 is 9.84 Å². The van der Waals surface area contributed by atoms with Gasteiger partial charge in [-0.15, -0.1) is 0 Å². The molecule has 0 aliphatic carbocycles. The van der Waals surface area contributed by atoms with Crippen molar-refractivity contribution in [3.05, 3.63) is 53.9 Å². The number of hydrogen-bond acceptors (Lipinski definition) is 6. The van der Waals surface area contributed by atoms with Crippen molar-refractivity contribution in [2.45, 2.75) is 39.5 Å². The summed E-state index contributed by atoms with van der Waals surface area (Å²) >= 11 is 0. The third-order valence-electron chi connectivity index (χ3n) is 5.09. The average molecular weight is 410 g/mol. The van der Waals surface area contributed by atoms with Gasteiger partial charge >= 0.3 is 0 Å². The molecule has 3 rings (SSSR count). The Morgan fingerprint density at radius 1 is 1.20 bits per heavy atom. The third-order valence-corrected chi connectivity index (χ3v) is 5.09. The fourth-order valence-corrected chi connectivity index (χ4v) is 3.49. The second-order valence-corrected chi connectivity index (χ2v) is 7.66. The zero-order valence-corrected chi connectivity index (χ0v) is 18.1. The standard InChI is InChI=1S/C23H31N5O2/c1-15(2)30-23-19(6-5-12-26-23)17-7-9-18(10-8-17)27-22(24)20-14-28(16(3)29)13-11-21(20)25-4/h5-10,12,15-16,25,29H,11,13-14H2,1-4H3,(H2,24,27). The SMILES string of the molecule is CNC1=C(C(=N)Nc2ccc(-c3cccnc3OC(C)C)cc2)CN(C(C)O)CC1. The van der Waals surface area contributed by atoms with Gasteiger partial charge in [0.25, 0.3) is 0 Å². The first-order chi connectivity index (χ1) is 14.4. The van der Waals surface area contributed by atoms with Gasteiger partial charge in [0.1, 0.15) is 12.1 Å². The van der Waals surface area contributed by atoms with Gasteiger partial charge in [0, 0.05) is 55.3 Å². The van der Waals surface area contributed by atoms with Gasteiger partial charge < -0.3 is 20.5 Å². The molecule has 0 saturated carbocycles. The minimum absolute atomic E-state index is 0.0476. The quantitative estimate of drug-likeness (QED) is 0.413. The predicted octanol–water partition coefficient (Wildman–Crippen LogP) is 3.44. The highest BCUT2D eigenvalue weighted by molar-refractivity contribution is 6.06. The second-order valence-electron chi connectivity index (χ2n) is 7.66. The van der Waals surface area contributed by atoms with Crippen molar-refractivity contribution in [3.63, 3.8) is 0 Å². The number of nitrogens with zero attached hydrogens (tertiary/aromatic N) is 2. The average Bonchev–Trinajstić information content (AvgIpc) is 2.73. The molecule has 0 spiro atoms. The fraction of sp³-hybridized carbons (Fsp3) is 0.391. The Labute approximate surface area is 178 Å². The summed E-state index contributed by atoms with van der Waals surface area (Å²) in [7, 11) is 1.88. The first-order valence-corrected chi connectivity index (χ1v) is 10.3. The maximum absolute atomic E-state index is 9.92. The summed E-state index contributed by atoms with van der Waals surface area (Å²) in [5, 5.41) is 24.9. The smallest absolute Gasteiger partial charge is 0.221 e. The Balaban J connectivity index is 1.76. The molecule has 160 valence electrons. The summed E-state index contributed by atoms with van der Waals surface area (Å²) in [6.07, 6.45) is 2.02. The van der Waals surface area contributed by atoms with Crippen LogP contribution in [0.3, 0.4) is 0 Å². The van der Waals surface area contributed by atoms with Crippen LogP contribution in [-0.2, 0) is 0 Å². The molecular weight excluding hydrogens is 378 g/mol. The van der Waals surface area contributed by atoms with E-state index < -0.39 is 6.23 Å². The monoisotopic (exact) mass is 409 g/mol. The van der Waals surface area contributed by atoms with E-state index in [1.807, 2.05) is 62.2 Å². The highest BCUT2D eigenvalue weighted by Crippen LogP contribution is 2.29. The number of ether oxygens (including phenoxy) is 1. The van der Waals surface area contributed by atoms with Crippen molar-refractivity contribution in [2.24, 2.45) is 0 Å². The van der Waals surface area contributed by atoms with E-state index in [0.29, 0.717) is 18.3 Å². The Bertz CT molecular complexity index is 906. The van der Waals surface area contributed by atoms with Crippen LogP contribution in [0.15, 0.2) is 53.9 Å². The lowest BCUT2D eigenvalue weighted by Crippen LogP contribution is -2.42. The van der Waals surface area contributed by atoms with E-state index in [9.17, 15) is 5.11 Å². The Morgan fingerprint density at radius 3 is 2.57 bits per heavy atom. The van der Waals surface area contributed by atoms with Gasteiger partial charge in [-0.3, -0.25) is 10.3 Å². The van der Waals surface area contributed by atoms with E-state index >= 15 is 0 Å². The lowest BCUT2D eigenvalue weighted by molar-refractivity contribution is 0.0231. The second kappa shape index (κ2) is 9.73. The molecule has 0 saturated heterocycles. The molecule has 1 aliphatic heterocycles. The van der Waals surface area contributed by atoms with Gasteiger partial charge in [-0.25, -0.2) is 4.98 Å². The zero-order valence-electron chi connectivity index (χ0n) is 18.1. The van der Waals surface area contributed by atoms with E-state index in [1.165, 1.54) is 0 Å². The van der Waals surface area contributed by atoms with E-state index in [-0.39, 0.29) is 6.10 Å². The highest BCUT2D eigenvalue weighted by Gasteiger charge is 2.23. The molecule has 0 radical (unpaired) electrons. The number of pyridine rings is 1. The number of amidine groups is 1. The molecule has 2 heterocycles. The lowest BCUT2D eigenvalue weighted by Gasteiger charge is -2.33. The van der Waals surface area contributed by atoms with E-state index in [4.69, 9.17) is 10.1 Å². The van der Waals surface area contributed by atoms with Crippen LogP contribution in [0.4, 0.5) is 5.69 Å². The highest BCUT2D eigenvalue weighted by atomic mass is 16.5. The number of hydrogen-bond donors (Lipinski definition) is 4. The van der Waals surface area contributed by atoms with Gasteiger partial charge in [-0.05, 0) is 50.6 Å². The van der Waals surface area contributed by atoms with E-state index in [0.717, 1.165) is 41.1 Å². The molecule has 1 aliphatic rings. The molecule has 30 heavy (non-hydrogen) atoms. The van der Waals surface area contributed by atoms with Crippen molar-refractivity contribution in [1.29, 1.82) is 5.41 Å². The van der Waals surface area contributed by atoms with Crippen LogP contribution in [0.5, 0.6) is 5.88 Å². The maximum atomic E-state index is 9.92. The minimum atomic E-state index is -0.535. The minimum Gasteiger partial charge on any atom is -0.475 e. The molecule has 7 nitrogen and oxygen atoms in total. The number of nitrogens with one attached hydrogen (secondary N) is 3. The number of benzene rings is 1. The van der Waals surface area contributed by atoms with Gasteiger partial charge in [-0.1, -0.05) is 12.1 Å². The molecule has 1 aromatic carbocycles. The molecule has 7 heteroatoms. The number of anilines is 1. The number of aromatic nitrogens is 1. The third kappa shape index (κ3) is 5.17. The van der Waals surface area contributed by atoms with Crippen molar-refractivity contribution in [1.82, 2.24) is 15.2 Å². The fourth-order valence-electron chi connectivity index (χ4n) is 3.49. The number of aliphatic hydroxyl groups excluding tert-OH is 1. The molecule has 1 aromatic heterocycles. The molecule has 1 unspecified atom stereocenters. The van der Waals surface area contributed by atoms with Gasteiger partial charge in [0.15, 0.2) is 0 Å². The van der Waals surface area contributed by atoms with Crippen LogP contribution in [0.1, 0.15) is 27.2 Å². The lowest BCUT2D eigenvalue weighted by atomic mass is 10.0. The van der Waals surface area contributed by atoms with Crippen LogP contribution in [0, 0.1) is 5.41 Å². The number of aliphatic hydroxyl groups is 1. The summed E-state index contributed by atoms with van der Waals surface area (Å²) in [6.45, 7) is 7.02. The van der Waals surface area contributed by atoms with Crippen LogP contribution >= 0.6 is 0 Å². The molecule has 1 atom stereocenters. The van der Waals surface area contributed by atoms with E-state index in [2.05, 4.69) is 15.6 Å². The van der Waals surface area contributed by atoms with Gasteiger partial charge in [0.05, 0.1) is 6.10 Å². The summed E-state index contributed by atoms with van der Waals surface area (Å²) in [4.78, 5) is 6.31. The molecular formula is C23H31N5O2. The predicted molar refractivity (Wildman–Crippen MR) is 121 cm³/mol. The van der Waals surface area contributed by atoms with Gasteiger partial charge in [-0.2, -0.15) is 0 Å². The maximum Gasteiger partial charge on any atom is 0.221 e. The van der Waals surface area contributed by atoms with Crippen molar-refractivity contribution in [3.8, 4) is 17.0 Å². The first kappa shape index (κ1) is 21.8. The van der Waals surface area contributed by atoms with Crippen LogP contribution in [0.25, 0.3) is 11.1 Å². The summed E-state index contributed by atoms with van der Waals surface area (Å²) in [5.41, 5.74) is 4.67. The van der Waals surface area contributed by atoms with Crippen LogP contribution in [-0.4, -0.2) is 53.3 Å². The molecule has 2 aromatic rings. The zero-order chi connectivity index (χ0) is 21.7. The van der Waals surface area contributed by atoms with Crippen LogP contribution in [0.2, 0.25) is 0 Å². The van der Waals surface area contributed by atoms with Gasteiger partial charge in [0.2, 0.25) is 5.88 Å². The topological polar surface area (TPSA) is 93.5 Å². The Kier molecular flexibility index (Phi) is 7.07. The number of rotatable bonds is 7. The molecule has 0 bridgehead atoms. The van der Waals surface area contributed by atoms with Crippen molar-refractivity contribution in [2.75, 3.05) is 25.5 Å². The summed E-state index contributed by atoms with van der Waals surface area (Å²) in [6, 6.07) is 11.8.